The van der Waals surface area contributed by atoms with E-state index in [4.69, 9.17) is 5.73 Å². The number of rotatable bonds is 6. The van der Waals surface area contributed by atoms with Gasteiger partial charge >= 0.3 is 0 Å². The molecule has 3 heterocycles. The van der Waals surface area contributed by atoms with Crippen molar-refractivity contribution in [1.82, 2.24) is 15.0 Å². The van der Waals surface area contributed by atoms with E-state index in [0.717, 1.165) is 22.9 Å². The molecule has 0 aliphatic rings. The predicted octanol–water partition coefficient (Wildman–Crippen LogP) is 2.70. The number of hydrogen-bond acceptors (Lipinski definition) is 7. The van der Waals surface area contributed by atoms with E-state index in [1.54, 1.807) is 24.4 Å². The molecule has 1 aromatic carbocycles. The lowest BCUT2D eigenvalue weighted by Gasteiger charge is -2.13. The maximum absolute atomic E-state index is 12.6. The van der Waals surface area contributed by atoms with E-state index in [0.29, 0.717) is 22.1 Å². The van der Waals surface area contributed by atoms with E-state index in [9.17, 15) is 13.2 Å². The molecule has 0 fully saturated rings. The third-order valence-electron chi connectivity index (χ3n) is 4.29. The van der Waals surface area contributed by atoms with Crippen molar-refractivity contribution < 1.29 is 13.2 Å². The van der Waals surface area contributed by atoms with Crippen LogP contribution in [0.2, 0.25) is 0 Å². The number of benzene rings is 1. The Labute approximate surface area is 176 Å². The Hall–Kier alpha value is -3.28. The number of sulfonamides is 1. The Morgan fingerprint density at radius 1 is 1.27 bits per heavy atom. The number of nitrogens with two attached hydrogens (primary N) is 1. The Morgan fingerprint density at radius 3 is 2.90 bits per heavy atom. The van der Waals surface area contributed by atoms with Gasteiger partial charge in [0.25, 0.3) is 0 Å². The van der Waals surface area contributed by atoms with E-state index >= 15 is 0 Å². The molecular formula is C19H18N6O3S2. The second kappa shape index (κ2) is 7.86. The van der Waals surface area contributed by atoms with Crippen LogP contribution in [0.15, 0.2) is 54.2 Å². The summed E-state index contributed by atoms with van der Waals surface area (Å²) >= 11 is 1.28. The number of nitrogens with zero attached hydrogens (tertiary/aromatic N) is 2. The SMILES string of the molecule is CS(=O)(=O)Nc1cccc(C(N)C(=O)Nc2nc(-c3c[nH]c4ncccc34)cs2)c1. The van der Waals surface area contributed by atoms with Gasteiger partial charge in [0, 0.05) is 34.4 Å². The molecule has 5 N–H and O–H groups in total. The Kier molecular flexibility index (Phi) is 5.24. The lowest BCUT2D eigenvalue weighted by molar-refractivity contribution is -0.117. The van der Waals surface area contributed by atoms with Crippen molar-refractivity contribution in [3.63, 3.8) is 0 Å². The first-order valence-electron chi connectivity index (χ1n) is 8.82. The number of pyridine rings is 1. The highest BCUT2D eigenvalue weighted by Crippen LogP contribution is 2.30. The van der Waals surface area contributed by atoms with Crippen LogP contribution in [0.4, 0.5) is 10.8 Å². The molecule has 0 spiro atoms. The zero-order valence-electron chi connectivity index (χ0n) is 15.8. The minimum absolute atomic E-state index is 0.336. The molecule has 30 heavy (non-hydrogen) atoms. The van der Waals surface area contributed by atoms with Crippen LogP contribution in [0, 0.1) is 0 Å². The zero-order chi connectivity index (χ0) is 21.3. The molecule has 0 saturated heterocycles. The van der Waals surface area contributed by atoms with Crippen molar-refractivity contribution in [3.05, 3.63) is 59.7 Å². The summed E-state index contributed by atoms with van der Waals surface area (Å²) < 4.78 is 25.2. The Bertz CT molecular complexity index is 1330. The number of nitrogens with one attached hydrogen (secondary N) is 3. The van der Waals surface area contributed by atoms with Crippen LogP contribution < -0.4 is 15.8 Å². The number of aromatic amines is 1. The molecule has 3 aromatic heterocycles. The first-order valence-corrected chi connectivity index (χ1v) is 11.6. The van der Waals surface area contributed by atoms with E-state index in [1.807, 2.05) is 23.7 Å². The topological polar surface area (TPSA) is 143 Å². The molecule has 0 aliphatic carbocycles. The Morgan fingerprint density at radius 2 is 2.10 bits per heavy atom. The third kappa shape index (κ3) is 4.32. The van der Waals surface area contributed by atoms with Gasteiger partial charge in [-0.05, 0) is 29.8 Å². The number of aromatic nitrogens is 3. The zero-order valence-corrected chi connectivity index (χ0v) is 17.4. The number of thiazole rings is 1. The maximum Gasteiger partial charge on any atom is 0.247 e. The van der Waals surface area contributed by atoms with Crippen LogP contribution in [0.1, 0.15) is 11.6 Å². The first kappa shape index (κ1) is 20.0. The fourth-order valence-corrected chi connectivity index (χ4v) is 4.24. The molecule has 11 heteroatoms. The second-order valence-corrected chi connectivity index (χ2v) is 9.21. The summed E-state index contributed by atoms with van der Waals surface area (Å²) in [7, 11) is -3.43. The highest BCUT2D eigenvalue weighted by molar-refractivity contribution is 7.92. The number of anilines is 2. The summed E-state index contributed by atoms with van der Waals surface area (Å²) in [5.74, 6) is -0.451. The lowest BCUT2D eigenvalue weighted by atomic mass is 10.1. The van der Waals surface area contributed by atoms with Gasteiger partial charge in [-0.1, -0.05) is 12.1 Å². The van der Waals surface area contributed by atoms with Crippen LogP contribution in [0.5, 0.6) is 0 Å². The summed E-state index contributed by atoms with van der Waals surface area (Å²) in [6.45, 7) is 0. The van der Waals surface area contributed by atoms with E-state index in [1.165, 1.54) is 17.4 Å². The maximum atomic E-state index is 12.6. The van der Waals surface area contributed by atoms with Gasteiger partial charge in [0.1, 0.15) is 11.7 Å². The van der Waals surface area contributed by atoms with Crippen LogP contribution in [0.3, 0.4) is 0 Å². The fourth-order valence-electron chi connectivity index (χ4n) is 2.97. The minimum Gasteiger partial charge on any atom is -0.345 e. The standard InChI is InChI=1S/C19H18N6O3S2/c1-30(27,28)25-12-5-2-4-11(8-12)16(20)18(26)24-19-23-15(10-29-19)14-9-22-17-13(14)6-3-7-21-17/h2-10,16,25H,20H2,1H3,(H,21,22)(H,23,24,26). The lowest BCUT2D eigenvalue weighted by Crippen LogP contribution is -2.27. The summed E-state index contributed by atoms with van der Waals surface area (Å²) in [5.41, 5.74) is 9.24. The van der Waals surface area contributed by atoms with Crippen molar-refractivity contribution in [2.45, 2.75) is 6.04 Å². The monoisotopic (exact) mass is 442 g/mol. The molecule has 0 saturated carbocycles. The van der Waals surface area contributed by atoms with Gasteiger partial charge in [0.2, 0.25) is 15.9 Å². The smallest absolute Gasteiger partial charge is 0.247 e. The van der Waals surface area contributed by atoms with Crippen molar-refractivity contribution in [2.75, 3.05) is 16.3 Å². The minimum atomic E-state index is -3.43. The van der Waals surface area contributed by atoms with Crippen LogP contribution >= 0.6 is 11.3 Å². The summed E-state index contributed by atoms with van der Waals surface area (Å²) in [6, 6.07) is 9.19. The normalized spacial score (nSPS) is 12.6. The number of fused-ring (bicyclic) bond motifs is 1. The van der Waals surface area contributed by atoms with E-state index in [2.05, 4.69) is 25.0 Å². The first-order chi connectivity index (χ1) is 14.3. The van der Waals surface area contributed by atoms with Gasteiger partial charge in [-0.25, -0.2) is 18.4 Å². The van der Waals surface area contributed by atoms with Crippen molar-refractivity contribution >= 4 is 49.1 Å². The van der Waals surface area contributed by atoms with Gasteiger partial charge in [-0.15, -0.1) is 11.3 Å². The molecule has 9 nitrogen and oxygen atoms in total. The molecule has 0 aliphatic heterocycles. The van der Waals surface area contributed by atoms with Gasteiger partial charge in [0.15, 0.2) is 5.13 Å². The fraction of sp³-hybridized carbons (Fsp3) is 0.105. The summed E-state index contributed by atoms with van der Waals surface area (Å²) in [4.78, 5) is 24.4. The largest absolute Gasteiger partial charge is 0.345 e. The molecule has 1 amide bonds. The molecule has 0 bridgehead atoms. The van der Waals surface area contributed by atoms with E-state index < -0.39 is 22.0 Å². The van der Waals surface area contributed by atoms with Crippen molar-refractivity contribution in [3.8, 4) is 11.3 Å². The molecule has 0 radical (unpaired) electrons. The number of hydrogen-bond donors (Lipinski definition) is 4. The summed E-state index contributed by atoms with van der Waals surface area (Å²) in [5, 5.41) is 5.91. The highest BCUT2D eigenvalue weighted by atomic mass is 32.2. The quantitative estimate of drug-likeness (QED) is 0.361. The van der Waals surface area contributed by atoms with Gasteiger partial charge < -0.3 is 16.0 Å². The molecule has 154 valence electrons. The van der Waals surface area contributed by atoms with Gasteiger partial charge in [-0.2, -0.15) is 0 Å². The van der Waals surface area contributed by atoms with Crippen LogP contribution in [-0.2, 0) is 14.8 Å². The van der Waals surface area contributed by atoms with Crippen molar-refractivity contribution in [2.24, 2.45) is 5.73 Å². The number of H-pyrrole nitrogens is 1. The van der Waals surface area contributed by atoms with Gasteiger partial charge in [0.05, 0.1) is 11.9 Å². The molecule has 4 rings (SSSR count). The average Bonchev–Trinajstić information content (AvgIpc) is 3.32. The van der Waals surface area contributed by atoms with Gasteiger partial charge in [-0.3, -0.25) is 9.52 Å². The van der Waals surface area contributed by atoms with Crippen LogP contribution in [-0.4, -0.2) is 35.5 Å². The third-order valence-corrected chi connectivity index (χ3v) is 5.66. The average molecular weight is 443 g/mol. The number of carbonyl (C=O) groups is 1. The second-order valence-electron chi connectivity index (χ2n) is 6.61. The summed E-state index contributed by atoms with van der Waals surface area (Å²) in [6.07, 6.45) is 4.58. The predicted molar refractivity (Wildman–Crippen MR) is 118 cm³/mol. The molecule has 1 unspecified atom stereocenters. The van der Waals surface area contributed by atoms with Crippen molar-refractivity contribution in [1.29, 1.82) is 0 Å². The van der Waals surface area contributed by atoms with Crippen LogP contribution in [0.25, 0.3) is 22.3 Å². The highest BCUT2D eigenvalue weighted by Gasteiger charge is 2.19. The molecular weight excluding hydrogens is 424 g/mol. The molecule has 1 atom stereocenters. The molecule has 4 aromatic rings. The number of amides is 1. The van der Waals surface area contributed by atoms with E-state index in [-0.39, 0.29) is 0 Å². The Balaban J connectivity index is 1.50. The number of carbonyl (C=O) groups excluding carboxylic acids is 1.